The molecule has 2 heterocycles. The van der Waals surface area contributed by atoms with E-state index in [0.717, 1.165) is 33.7 Å². The van der Waals surface area contributed by atoms with Crippen LogP contribution < -0.4 is 5.32 Å². The summed E-state index contributed by atoms with van der Waals surface area (Å²) in [4.78, 5) is 17.1. The van der Waals surface area contributed by atoms with E-state index in [1.54, 1.807) is 0 Å². The van der Waals surface area contributed by atoms with Gasteiger partial charge < -0.3 is 9.72 Å². The predicted molar refractivity (Wildman–Crippen MR) is 104 cm³/mol. The highest BCUT2D eigenvalue weighted by Crippen LogP contribution is 2.23. The lowest BCUT2D eigenvalue weighted by Crippen LogP contribution is -2.13. The van der Waals surface area contributed by atoms with Crippen LogP contribution in [0.25, 0.3) is 16.9 Å². The number of aromatic nitrogens is 2. The maximum absolute atomic E-state index is 12.4. The van der Waals surface area contributed by atoms with Gasteiger partial charge in [0.15, 0.2) is 0 Å². The summed E-state index contributed by atoms with van der Waals surface area (Å²) in [7, 11) is 0. The Bertz CT molecular complexity index is 1090. The molecule has 4 rings (SSSR count). The van der Waals surface area contributed by atoms with Crippen LogP contribution in [-0.4, -0.2) is 15.3 Å². The van der Waals surface area contributed by atoms with Gasteiger partial charge in [0.2, 0.25) is 0 Å². The third-order valence-corrected chi connectivity index (χ3v) is 4.51. The first kappa shape index (κ1) is 16.1. The molecule has 0 aliphatic rings. The van der Waals surface area contributed by atoms with Gasteiger partial charge in [-0.25, -0.2) is 4.98 Å². The van der Waals surface area contributed by atoms with E-state index in [2.05, 4.69) is 18.3 Å². The molecule has 0 bridgehead atoms. The third-order valence-electron chi connectivity index (χ3n) is 4.51. The van der Waals surface area contributed by atoms with Crippen LogP contribution in [0, 0.1) is 13.8 Å². The monoisotopic (exact) mass is 341 g/mol. The van der Waals surface area contributed by atoms with E-state index in [1.807, 2.05) is 78.3 Å². The number of carbonyl (C=O) groups is 1. The van der Waals surface area contributed by atoms with Crippen molar-refractivity contribution in [3.8, 4) is 11.3 Å². The number of rotatable bonds is 3. The molecule has 0 saturated carbocycles. The van der Waals surface area contributed by atoms with Gasteiger partial charge in [0, 0.05) is 29.2 Å². The number of nitrogens with one attached hydrogen (secondary N) is 1. The van der Waals surface area contributed by atoms with Crippen LogP contribution in [0.15, 0.2) is 73.1 Å². The molecule has 4 nitrogen and oxygen atoms in total. The smallest absolute Gasteiger partial charge is 0.255 e. The van der Waals surface area contributed by atoms with E-state index >= 15 is 0 Å². The van der Waals surface area contributed by atoms with Gasteiger partial charge in [0.1, 0.15) is 5.65 Å². The van der Waals surface area contributed by atoms with Crippen molar-refractivity contribution in [3.63, 3.8) is 0 Å². The van der Waals surface area contributed by atoms with Crippen molar-refractivity contribution in [1.29, 1.82) is 0 Å². The Morgan fingerprint density at radius 1 is 0.923 bits per heavy atom. The second kappa shape index (κ2) is 6.48. The van der Waals surface area contributed by atoms with Gasteiger partial charge in [-0.2, -0.15) is 0 Å². The molecule has 0 unspecified atom stereocenters. The normalized spacial score (nSPS) is 10.8. The summed E-state index contributed by atoms with van der Waals surface area (Å²) in [6.07, 6.45) is 4.01. The summed E-state index contributed by atoms with van der Waals surface area (Å²) in [5.41, 5.74) is 6.44. The molecule has 128 valence electrons. The zero-order chi connectivity index (χ0) is 18.1. The summed E-state index contributed by atoms with van der Waals surface area (Å²) >= 11 is 0. The lowest BCUT2D eigenvalue weighted by atomic mass is 10.1. The van der Waals surface area contributed by atoms with Crippen molar-refractivity contribution in [3.05, 3.63) is 89.7 Å². The first-order valence-corrected chi connectivity index (χ1v) is 8.53. The quantitative estimate of drug-likeness (QED) is 0.578. The molecule has 0 atom stereocenters. The van der Waals surface area contributed by atoms with Gasteiger partial charge in [-0.1, -0.05) is 36.4 Å². The van der Waals surface area contributed by atoms with Crippen molar-refractivity contribution < 1.29 is 4.79 Å². The molecule has 0 aliphatic heterocycles. The Kier molecular flexibility index (Phi) is 4.01. The number of benzene rings is 2. The minimum atomic E-state index is -0.0980. The second-order valence-electron chi connectivity index (χ2n) is 6.39. The summed E-state index contributed by atoms with van der Waals surface area (Å²) in [6.45, 7) is 3.99. The number of pyridine rings is 1. The number of hydrogen-bond donors (Lipinski definition) is 1. The summed E-state index contributed by atoms with van der Waals surface area (Å²) in [5, 5.41) is 2.95. The maximum atomic E-state index is 12.4. The van der Waals surface area contributed by atoms with E-state index in [1.165, 1.54) is 0 Å². The SMILES string of the molecule is Cc1ccccc1C(=O)Nc1ccc(-c2cn3cccc(C)c3n2)cc1. The number of fused-ring (bicyclic) bond motifs is 1. The Labute approximate surface area is 152 Å². The Balaban J connectivity index is 1.57. The van der Waals surface area contributed by atoms with Crippen LogP contribution in [0.2, 0.25) is 0 Å². The third kappa shape index (κ3) is 2.97. The minimum absolute atomic E-state index is 0.0980. The highest BCUT2D eigenvalue weighted by molar-refractivity contribution is 6.05. The lowest BCUT2D eigenvalue weighted by Gasteiger charge is -2.08. The van der Waals surface area contributed by atoms with E-state index in [0.29, 0.717) is 5.56 Å². The average molecular weight is 341 g/mol. The Morgan fingerprint density at radius 2 is 1.65 bits per heavy atom. The zero-order valence-electron chi connectivity index (χ0n) is 14.7. The molecule has 0 radical (unpaired) electrons. The lowest BCUT2D eigenvalue weighted by molar-refractivity contribution is 0.102. The van der Waals surface area contributed by atoms with Crippen LogP contribution in [0.4, 0.5) is 5.69 Å². The van der Waals surface area contributed by atoms with E-state index in [9.17, 15) is 4.79 Å². The van der Waals surface area contributed by atoms with Crippen LogP contribution in [-0.2, 0) is 0 Å². The van der Waals surface area contributed by atoms with Gasteiger partial charge in [-0.3, -0.25) is 4.79 Å². The number of aryl methyl sites for hydroxylation is 2. The fourth-order valence-corrected chi connectivity index (χ4v) is 3.04. The first-order chi connectivity index (χ1) is 12.6. The topological polar surface area (TPSA) is 46.4 Å². The fraction of sp³-hybridized carbons (Fsp3) is 0.0909. The summed E-state index contributed by atoms with van der Waals surface area (Å²) in [6, 6.07) is 19.4. The molecule has 0 aliphatic carbocycles. The molecular formula is C22H19N3O. The maximum Gasteiger partial charge on any atom is 0.255 e. The molecule has 1 N–H and O–H groups in total. The molecule has 2 aromatic heterocycles. The second-order valence-corrected chi connectivity index (χ2v) is 6.39. The highest BCUT2D eigenvalue weighted by atomic mass is 16.1. The van der Waals surface area contributed by atoms with Crippen molar-refractivity contribution in [2.45, 2.75) is 13.8 Å². The molecule has 4 aromatic rings. The largest absolute Gasteiger partial charge is 0.322 e. The molecule has 26 heavy (non-hydrogen) atoms. The van der Waals surface area contributed by atoms with Crippen molar-refractivity contribution in [2.24, 2.45) is 0 Å². The van der Waals surface area contributed by atoms with Gasteiger partial charge in [-0.05, 0) is 49.2 Å². The minimum Gasteiger partial charge on any atom is -0.322 e. The van der Waals surface area contributed by atoms with Gasteiger partial charge in [0.05, 0.1) is 5.69 Å². The van der Waals surface area contributed by atoms with Crippen LogP contribution >= 0.6 is 0 Å². The summed E-state index contributed by atoms with van der Waals surface area (Å²) in [5.74, 6) is -0.0980. The van der Waals surface area contributed by atoms with Crippen molar-refractivity contribution in [2.75, 3.05) is 5.32 Å². The number of carbonyl (C=O) groups excluding carboxylic acids is 1. The molecule has 4 heteroatoms. The van der Waals surface area contributed by atoms with E-state index in [4.69, 9.17) is 4.98 Å². The molecule has 2 aromatic carbocycles. The van der Waals surface area contributed by atoms with Crippen LogP contribution in [0.1, 0.15) is 21.5 Å². The van der Waals surface area contributed by atoms with Crippen molar-refractivity contribution in [1.82, 2.24) is 9.38 Å². The summed E-state index contributed by atoms with van der Waals surface area (Å²) < 4.78 is 2.03. The molecule has 0 fully saturated rings. The fourth-order valence-electron chi connectivity index (χ4n) is 3.04. The molecule has 0 spiro atoms. The number of nitrogens with zero attached hydrogens (tertiary/aromatic N) is 2. The number of imidazole rings is 1. The van der Waals surface area contributed by atoms with E-state index < -0.39 is 0 Å². The number of anilines is 1. The molecular weight excluding hydrogens is 322 g/mol. The van der Waals surface area contributed by atoms with Crippen LogP contribution in [0.5, 0.6) is 0 Å². The number of amides is 1. The van der Waals surface area contributed by atoms with Gasteiger partial charge in [-0.15, -0.1) is 0 Å². The van der Waals surface area contributed by atoms with Crippen LogP contribution in [0.3, 0.4) is 0 Å². The Morgan fingerprint density at radius 3 is 2.38 bits per heavy atom. The van der Waals surface area contributed by atoms with Gasteiger partial charge in [0.25, 0.3) is 5.91 Å². The van der Waals surface area contributed by atoms with Crippen molar-refractivity contribution >= 4 is 17.2 Å². The predicted octanol–water partition coefficient (Wildman–Crippen LogP) is 4.87. The number of hydrogen-bond acceptors (Lipinski definition) is 2. The van der Waals surface area contributed by atoms with E-state index in [-0.39, 0.29) is 5.91 Å². The molecule has 0 saturated heterocycles. The first-order valence-electron chi connectivity index (χ1n) is 8.53. The Hall–Kier alpha value is -3.40. The average Bonchev–Trinajstić information content (AvgIpc) is 3.08. The highest BCUT2D eigenvalue weighted by Gasteiger charge is 2.09. The standard InChI is InChI=1S/C22H19N3O/c1-15-6-3-4-8-19(15)22(26)23-18-11-9-17(10-12-18)20-14-25-13-5-7-16(2)21(25)24-20/h3-14H,1-2H3,(H,23,26). The molecule has 1 amide bonds. The zero-order valence-corrected chi connectivity index (χ0v) is 14.7. The van der Waals surface area contributed by atoms with Gasteiger partial charge >= 0.3 is 0 Å².